The van der Waals surface area contributed by atoms with Crippen LogP contribution < -0.4 is 9.64 Å². The molecule has 2 aliphatic carbocycles. The Morgan fingerprint density at radius 2 is 1.89 bits per heavy atom. The lowest BCUT2D eigenvalue weighted by atomic mass is 9.85. The van der Waals surface area contributed by atoms with Crippen molar-refractivity contribution in [3.63, 3.8) is 0 Å². The molecule has 1 aliphatic heterocycles. The van der Waals surface area contributed by atoms with Crippen molar-refractivity contribution >= 4 is 28.8 Å². The van der Waals surface area contributed by atoms with Crippen LogP contribution in [0.15, 0.2) is 30.7 Å². The molecule has 2 fully saturated rings. The first-order valence-corrected chi connectivity index (χ1v) is 13.0. The molecule has 3 aliphatic rings. The minimum absolute atomic E-state index is 0.0278. The number of aryl methyl sites for hydroxylation is 1. The average molecular weight is 506 g/mol. The molecular formula is C27H31N5O5. The summed E-state index contributed by atoms with van der Waals surface area (Å²) < 4.78 is 13.8. The number of fused-ring (bicyclic) bond motifs is 3. The summed E-state index contributed by atoms with van der Waals surface area (Å²) in [4.78, 5) is 39.7. The molecule has 2 aromatic heterocycles. The lowest BCUT2D eigenvalue weighted by molar-refractivity contribution is -0.143. The highest BCUT2D eigenvalue weighted by molar-refractivity contribution is 5.95. The molecule has 1 amide bonds. The summed E-state index contributed by atoms with van der Waals surface area (Å²) in [5.74, 6) is 0.289. The van der Waals surface area contributed by atoms with Crippen LogP contribution >= 0.6 is 0 Å². The zero-order chi connectivity index (χ0) is 25.7. The van der Waals surface area contributed by atoms with Crippen LogP contribution in [-0.4, -0.2) is 49.8 Å². The highest BCUT2D eigenvalue weighted by Crippen LogP contribution is 2.52. The summed E-state index contributed by atoms with van der Waals surface area (Å²) >= 11 is 0. The highest BCUT2D eigenvalue weighted by Gasteiger charge is 2.53. The number of amides is 1. The number of nitrogens with zero attached hydrogens (tertiary/aromatic N) is 5. The van der Waals surface area contributed by atoms with E-state index < -0.39 is 11.6 Å². The molecule has 1 aromatic carbocycles. The van der Waals surface area contributed by atoms with Gasteiger partial charge in [-0.2, -0.15) is 0 Å². The Bertz CT molecular complexity index is 1340. The molecule has 194 valence electrons. The zero-order valence-electron chi connectivity index (χ0n) is 21.1. The van der Waals surface area contributed by atoms with E-state index in [0.29, 0.717) is 18.7 Å². The van der Waals surface area contributed by atoms with E-state index in [2.05, 4.69) is 14.5 Å². The molecular weight excluding hydrogens is 474 g/mol. The standard InChI is InChI=1S/C27H31N5O5/c1-16-3-8-19-20(31(16)26(35)36-2)9-10-21-23(19)30-25(27(11-12-27)37-22-15-28-13-14-29-22)32(21)18-6-4-17(5-7-18)24(33)34/h9-10,13-18H,3-8,11-12H2,1-2H3,(H,33,34)/t16-,17-,18-/m0/s1. The van der Waals surface area contributed by atoms with Crippen LogP contribution in [0.1, 0.15) is 69.3 Å². The molecule has 0 spiro atoms. The van der Waals surface area contributed by atoms with Crippen molar-refractivity contribution < 1.29 is 24.2 Å². The third-order valence-electron chi connectivity index (χ3n) is 8.19. The van der Waals surface area contributed by atoms with Gasteiger partial charge in [0.1, 0.15) is 0 Å². The number of aliphatic carboxylic acids is 1. The van der Waals surface area contributed by atoms with E-state index in [4.69, 9.17) is 14.5 Å². The molecule has 0 radical (unpaired) electrons. The maximum absolute atomic E-state index is 12.7. The summed E-state index contributed by atoms with van der Waals surface area (Å²) in [5.41, 5.74) is 3.15. The van der Waals surface area contributed by atoms with Crippen LogP contribution in [0.5, 0.6) is 5.88 Å². The maximum atomic E-state index is 12.7. The van der Waals surface area contributed by atoms with Gasteiger partial charge in [0, 0.05) is 30.0 Å². The second kappa shape index (κ2) is 9.00. The number of carbonyl (C=O) groups is 2. The lowest BCUT2D eigenvalue weighted by Crippen LogP contribution is -2.42. The van der Waals surface area contributed by atoms with Crippen LogP contribution in [0.3, 0.4) is 0 Å². The number of hydrogen-bond acceptors (Lipinski definition) is 7. The molecule has 0 saturated heterocycles. The number of anilines is 1. The fourth-order valence-electron chi connectivity index (χ4n) is 6.07. The van der Waals surface area contributed by atoms with Crippen LogP contribution in [0.4, 0.5) is 10.5 Å². The minimum Gasteiger partial charge on any atom is -0.481 e. The van der Waals surface area contributed by atoms with Gasteiger partial charge in [0.25, 0.3) is 0 Å². The fourth-order valence-corrected chi connectivity index (χ4v) is 6.07. The second-order valence-corrected chi connectivity index (χ2v) is 10.4. The second-order valence-electron chi connectivity index (χ2n) is 10.4. The number of carbonyl (C=O) groups excluding carboxylic acids is 1. The first-order chi connectivity index (χ1) is 17.9. The largest absolute Gasteiger partial charge is 0.481 e. The number of ether oxygens (including phenoxy) is 2. The monoisotopic (exact) mass is 505 g/mol. The van der Waals surface area contributed by atoms with Gasteiger partial charge in [-0.05, 0) is 70.4 Å². The Labute approximate surface area is 214 Å². The van der Waals surface area contributed by atoms with Crippen molar-refractivity contribution in [2.45, 2.75) is 76.0 Å². The molecule has 1 atom stereocenters. The predicted molar refractivity (Wildman–Crippen MR) is 135 cm³/mol. The SMILES string of the molecule is COC(=O)N1c2ccc3c(nc(C4(Oc5cnccn5)CC4)n3[C@H]3CC[C@H](C(=O)O)CC3)c2CC[C@@H]1C. The lowest BCUT2D eigenvalue weighted by Gasteiger charge is -2.34. The Morgan fingerprint density at radius 3 is 2.54 bits per heavy atom. The Kier molecular flexibility index (Phi) is 5.77. The molecule has 2 saturated carbocycles. The van der Waals surface area contributed by atoms with Crippen molar-refractivity contribution in [1.29, 1.82) is 0 Å². The number of carboxylic acids is 1. The van der Waals surface area contributed by atoms with Gasteiger partial charge in [0.05, 0.1) is 35.9 Å². The summed E-state index contributed by atoms with van der Waals surface area (Å²) in [6.45, 7) is 2.03. The first kappa shape index (κ1) is 23.7. The van der Waals surface area contributed by atoms with E-state index in [0.717, 1.165) is 66.6 Å². The third-order valence-corrected chi connectivity index (χ3v) is 8.19. The van der Waals surface area contributed by atoms with Crippen LogP contribution in [0, 0.1) is 5.92 Å². The Hall–Kier alpha value is -3.69. The molecule has 37 heavy (non-hydrogen) atoms. The predicted octanol–water partition coefficient (Wildman–Crippen LogP) is 4.62. The summed E-state index contributed by atoms with van der Waals surface area (Å²) in [6.07, 6.45) is 10.5. The Balaban J connectivity index is 1.48. The number of hydrogen-bond donors (Lipinski definition) is 1. The van der Waals surface area contributed by atoms with E-state index in [1.165, 1.54) is 7.11 Å². The minimum atomic E-state index is -0.718. The molecule has 10 heteroatoms. The fraction of sp³-hybridized carbons (Fsp3) is 0.519. The van der Waals surface area contributed by atoms with E-state index in [1.807, 2.05) is 19.1 Å². The van der Waals surface area contributed by atoms with Gasteiger partial charge < -0.3 is 19.1 Å². The molecule has 0 unspecified atom stereocenters. The molecule has 0 bridgehead atoms. The van der Waals surface area contributed by atoms with Crippen molar-refractivity contribution in [2.24, 2.45) is 5.92 Å². The van der Waals surface area contributed by atoms with Crippen LogP contribution in [0.25, 0.3) is 11.0 Å². The van der Waals surface area contributed by atoms with E-state index in [-0.39, 0.29) is 24.1 Å². The van der Waals surface area contributed by atoms with Gasteiger partial charge in [-0.25, -0.2) is 14.8 Å². The molecule has 1 N–H and O–H groups in total. The van der Waals surface area contributed by atoms with Gasteiger partial charge in [-0.1, -0.05) is 0 Å². The van der Waals surface area contributed by atoms with Crippen LogP contribution in [0.2, 0.25) is 0 Å². The molecule has 3 aromatic rings. The number of imidazole rings is 1. The number of aromatic nitrogens is 4. The summed E-state index contributed by atoms with van der Waals surface area (Å²) in [5, 5.41) is 9.53. The van der Waals surface area contributed by atoms with E-state index in [1.54, 1.807) is 23.5 Å². The van der Waals surface area contributed by atoms with Crippen molar-refractivity contribution in [3.8, 4) is 5.88 Å². The number of methoxy groups -OCH3 is 1. The van der Waals surface area contributed by atoms with Gasteiger partial charge >= 0.3 is 12.1 Å². The smallest absolute Gasteiger partial charge is 0.414 e. The summed E-state index contributed by atoms with van der Waals surface area (Å²) in [7, 11) is 1.41. The number of rotatable bonds is 5. The first-order valence-electron chi connectivity index (χ1n) is 13.0. The van der Waals surface area contributed by atoms with Crippen molar-refractivity contribution in [2.75, 3.05) is 12.0 Å². The van der Waals surface area contributed by atoms with Crippen molar-refractivity contribution in [1.82, 2.24) is 19.5 Å². The van der Waals surface area contributed by atoms with Crippen molar-refractivity contribution in [3.05, 3.63) is 42.1 Å². The maximum Gasteiger partial charge on any atom is 0.414 e. The summed E-state index contributed by atoms with van der Waals surface area (Å²) in [6, 6.07) is 4.19. The normalized spacial score (nSPS) is 24.4. The number of benzene rings is 1. The topological polar surface area (TPSA) is 120 Å². The zero-order valence-corrected chi connectivity index (χ0v) is 21.1. The van der Waals surface area contributed by atoms with Gasteiger partial charge in [0.2, 0.25) is 5.88 Å². The van der Waals surface area contributed by atoms with Crippen LogP contribution in [-0.2, 0) is 21.6 Å². The molecule has 3 heterocycles. The number of carboxylic acid groups (broad SMARTS) is 1. The Morgan fingerprint density at radius 1 is 1.11 bits per heavy atom. The van der Waals surface area contributed by atoms with Gasteiger partial charge in [-0.15, -0.1) is 0 Å². The van der Waals surface area contributed by atoms with Gasteiger partial charge in [0.15, 0.2) is 11.4 Å². The highest BCUT2D eigenvalue weighted by atomic mass is 16.5. The molecule has 10 nitrogen and oxygen atoms in total. The third kappa shape index (κ3) is 3.98. The van der Waals surface area contributed by atoms with E-state index >= 15 is 0 Å². The quantitative estimate of drug-likeness (QED) is 0.534. The molecule has 6 rings (SSSR count). The van der Waals surface area contributed by atoms with E-state index in [9.17, 15) is 14.7 Å². The van der Waals surface area contributed by atoms with Gasteiger partial charge in [-0.3, -0.25) is 14.7 Å². The average Bonchev–Trinajstić information content (AvgIpc) is 3.58.